The number of hydrogen-bond acceptors (Lipinski definition) is 4. The largest absolute Gasteiger partial charge is 0.348 e. The molecule has 0 aliphatic rings. The summed E-state index contributed by atoms with van der Waals surface area (Å²) in [6, 6.07) is 4.84. The molecule has 2 N–H and O–H groups in total. The fourth-order valence-corrected chi connectivity index (χ4v) is 3.35. The molecule has 0 saturated heterocycles. The second-order valence-corrected chi connectivity index (χ2v) is 6.95. The maximum Gasteiger partial charge on any atom is 0.243 e. The SMILES string of the molecule is CCN(CC(=O)N(C)C)S(=O)(=O)c1ccc(CN)c(C)c1. The molecule has 1 aromatic carbocycles. The van der Waals surface area contributed by atoms with E-state index in [1.54, 1.807) is 33.2 Å². The Morgan fingerprint density at radius 2 is 1.90 bits per heavy atom. The van der Waals surface area contributed by atoms with Gasteiger partial charge in [-0.2, -0.15) is 4.31 Å². The molecule has 118 valence electrons. The van der Waals surface area contributed by atoms with Gasteiger partial charge in [-0.25, -0.2) is 8.42 Å². The van der Waals surface area contributed by atoms with Crippen LogP contribution in [0.15, 0.2) is 23.1 Å². The fraction of sp³-hybridized carbons (Fsp3) is 0.500. The van der Waals surface area contributed by atoms with E-state index in [9.17, 15) is 13.2 Å². The number of likely N-dealkylation sites (N-methyl/N-ethyl adjacent to an activating group) is 2. The summed E-state index contributed by atoms with van der Waals surface area (Å²) >= 11 is 0. The molecule has 1 amide bonds. The number of hydrogen-bond donors (Lipinski definition) is 1. The zero-order chi connectivity index (χ0) is 16.2. The molecule has 1 rings (SSSR count). The molecule has 0 spiro atoms. The number of benzene rings is 1. The van der Waals surface area contributed by atoms with E-state index in [1.807, 2.05) is 6.92 Å². The summed E-state index contributed by atoms with van der Waals surface area (Å²) < 4.78 is 26.4. The third-order valence-corrected chi connectivity index (χ3v) is 5.25. The molecule has 0 aromatic heterocycles. The lowest BCUT2D eigenvalue weighted by Crippen LogP contribution is -2.40. The molecule has 21 heavy (non-hydrogen) atoms. The number of carbonyl (C=O) groups excluding carboxylic acids is 1. The molecule has 0 heterocycles. The maximum atomic E-state index is 12.6. The Hall–Kier alpha value is -1.44. The van der Waals surface area contributed by atoms with Crippen LogP contribution in [0, 0.1) is 6.92 Å². The predicted molar refractivity (Wildman–Crippen MR) is 82.2 cm³/mol. The molecule has 0 unspecified atom stereocenters. The van der Waals surface area contributed by atoms with E-state index in [0.29, 0.717) is 6.54 Å². The van der Waals surface area contributed by atoms with Crippen molar-refractivity contribution in [3.8, 4) is 0 Å². The molecular formula is C14H23N3O3S. The number of sulfonamides is 1. The molecule has 0 aliphatic carbocycles. The average molecular weight is 313 g/mol. The standard InChI is InChI=1S/C14H23N3O3S/c1-5-17(10-14(18)16(3)4)21(19,20)13-7-6-12(9-15)11(2)8-13/h6-8H,5,9-10,15H2,1-4H3. The normalized spacial score (nSPS) is 11.7. The number of aryl methyl sites for hydroxylation is 1. The van der Waals surface area contributed by atoms with Crippen molar-refractivity contribution in [1.29, 1.82) is 0 Å². The van der Waals surface area contributed by atoms with Gasteiger partial charge in [0.1, 0.15) is 0 Å². The van der Waals surface area contributed by atoms with Crippen LogP contribution in [-0.2, 0) is 21.4 Å². The first kappa shape index (κ1) is 17.6. The number of carbonyl (C=O) groups is 1. The molecule has 0 saturated carbocycles. The molecule has 7 heteroatoms. The highest BCUT2D eigenvalue weighted by molar-refractivity contribution is 7.89. The van der Waals surface area contributed by atoms with Crippen molar-refractivity contribution < 1.29 is 13.2 Å². The quantitative estimate of drug-likeness (QED) is 0.831. The van der Waals surface area contributed by atoms with Crippen LogP contribution in [0.4, 0.5) is 0 Å². The highest BCUT2D eigenvalue weighted by atomic mass is 32.2. The smallest absolute Gasteiger partial charge is 0.243 e. The van der Waals surface area contributed by atoms with Gasteiger partial charge in [0.05, 0.1) is 11.4 Å². The van der Waals surface area contributed by atoms with Crippen molar-refractivity contribution in [2.75, 3.05) is 27.2 Å². The Morgan fingerprint density at radius 3 is 2.33 bits per heavy atom. The van der Waals surface area contributed by atoms with Gasteiger partial charge in [0.2, 0.25) is 15.9 Å². The highest BCUT2D eigenvalue weighted by Gasteiger charge is 2.26. The van der Waals surface area contributed by atoms with Gasteiger partial charge in [0.25, 0.3) is 0 Å². The minimum Gasteiger partial charge on any atom is -0.348 e. The second-order valence-electron chi connectivity index (χ2n) is 5.01. The van der Waals surface area contributed by atoms with Crippen LogP contribution >= 0.6 is 0 Å². The van der Waals surface area contributed by atoms with Gasteiger partial charge in [-0.15, -0.1) is 0 Å². The van der Waals surface area contributed by atoms with E-state index in [-0.39, 0.29) is 23.9 Å². The Labute approximate surface area is 126 Å². The number of amides is 1. The average Bonchev–Trinajstić information content (AvgIpc) is 2.43. The van der Waals surface area contributed by atoms with Crippen LogP contribution in [0.2, 0.25) is 0 Å². The molecule has 0 bridgehead atoms. The van der Waals surface area contributed by atoms with E-state index in [4.69, 9.17) is 5.73 Å². The van der Waals surface area contributed by atoms with Gasteiger partial charge in [0, 0.05) is 27.2 Å². The fourth-order valence-electron chi connectivity index (χ4n) is 1.87. The van der Waals surface area contributed by atoms with Crippen LogP contribution < -0.4 is 5.73 Å². The Bertz CT molecular complexity index is 612. The van der Waals surface area contributed by atoms with Crippen LogP contribution in [0.25, 0.3) is 0 Å². The number of nitrogens with two attached hydrogens (primary N) is 1. The van der Waals surface area contributed by atoms with Gasteiger partial charge >= 0.3 is 0 Å². The van der Waals surface area contributed by atoms with Crippen molar-refractivity contribution in [2.24, 2.45) is 5.73 Å². The lowest BCUT2D eigenvalue weighted by Gasteiger charge is -2.22. The summed E-state index contributed by atoms with van der Waals surface area (Å²) in [4.78, 5) is 13.3. The molecule has 0 atom stereocenters. The first-order valence-corrected chi connectivity index (χ1v) is 8.18. The van der Waals surface area contributed by atoms with Crippen molar-refractivity contribution in [1.82, 2.24) is 9.21 Å². The van der Waals surface area contributed by atoms with E-state index in [0.717, 1.165) is 11.1 Å². The molecule has 6 nitrogen and oxygen atoms in total. The van der Waals surface area contributed by atoms with Crippen molar-refractivity contribution in [2.45, 2.75) is 25.3 Å². The van der Waals surface area contributed by atoms with Crippen LogP contribution in [0.1, 0.15) is 18.1 Å². The van der Waals surface area contributed by atoms with Gasteiger partial charge in [0.15, 0.2) is 0 Å². The van der Waals surface area contributed by atoms with Crippen molar-refractivity contribution >= 4 is 15.9 Å². The maximum absolute atomic E-state index is 12.6. The summed E-state index contributed by atoms with van der Waals surface area (Å²) in [6.07, 6.45) is 0. The summed E-state index contributed by atoms with van der Waals surface area (Å²) in [6.45, 7) is 3.97. The summed E-state index contributed by atoms with van der Waals surface area (Å²) in [5.74, 6) is -0.254. The van der Waals surface area contributed by atoms with Crippen LogP contribution in [0.5, 0.6) is 0 Å². The molecule has 1 aromatic rings. The molecule has 0 aliphatic heterocycles. The van der Waals surface area contributed by atoms with Crippen LogP contribution in [-0.4, -0.2) is 50.7 Å². The monoisotopic (exact) mass is 313 g/mol. The van der Waals surface area contributed by atoms with E-state index >= 15 is 0 Å². The Morgan fingerprint density at radius 1 is 1.29 bits per heavy atom. The Balaban J connectivity index is 3.13. The zero-order valence-corrected chi connectivity index (χ0v) is 13.8. The number of nitrogens with zero attached hydrogens (tertiary/aromatic N) is 2. The topological polar surface area (TPSA) is 83.7 Å². The van der Waals surface area contributed by atoms with Gasteiger partial charge in [-0.05, 0) is 30.2 Å². The molecule has 0 radical (unpaired) electrons. The van der Waals surface area contributed by atoms with Gasteiger partial charge in [-0.3, -0.25) is 4.79 Å². The third-order valence-electron chi connectivity index (χ3n) is 3.33. The van der Waals surface area contributed by atoms with E-state index < -0.39 is 10.0 Å². The molecular weight excluding hydrogens is 290 g/mol. The van der Waals surface area contributed by atoms with Crippen molar-refractivity contribution in [3.05, 3.63) is 29.3 Å². The predicted octanol–water partition coefficient (Wildman–Crippen LogP) is 0.553. The first-order chi connectivity index (χ1) is 9.73. The lowest BCUT2D eigenvalue weighted by molar-refractivity contribution is -0.128. The van der Waals surface area contributed by atoms with Gasteiger partial charge < -0.3 is 10.6 Å². The van der Waals surface area contributed by atoms with Gasteiger partial charge in [-0.1, -0.05) is 13.0 Å². The summed E-state index contributed by atoms with van der Waals surface area (Å²) in [5, 5.41) is 0. The minimum absolute atomic E-state index is 0.163. The molecule has 0 fully saturated rings. The van der Waals surface area contributed by atoms with Crippen LogP contribution in [0.3, 0.4) is 0 Å². The van der Waals surface area contributed by atoms with Crippen molar-refractivity contribution in [3.63, 3.8) is 0 Å². The third kappa shape index (κ3) is 4.03. The Kier molecular flexibility index (Phi) is 5.88. The first-order valence-electron chi connectivity index (χ1n) is 6.74. The summed E-state index contributed by atoms with van der Waals surface area (Å²) in [7, 11) is -0.482. The van der Waals surface area contributed by atoms with E-state index in [2.05, 4.69) is 0 Å². The highest BCUT2D eigenvalue weighted by Crippen LogP contribution is 2.19. The lowest BCUT2D eigenvalue weighted by atomic mass is 10.1. The van der Waals surface area contributed by atoms with E-state index in [1.165, 1.54) is 15.3 Å². The number of rotatable bonds is 6. The minimum atomic E-state index is -3.68. The summed E-state index contributed by atoms with van der Waals surface area (Å²) in [5.41, 5.74) is 7.32. The zero-order valence-electron chi connectivity index (χ0n) is 13.0. The second kappa shape index (κ2) is 7.02.